The number of nitrogens with one attached hydrogen (secondary N) is 1. The van der Waals surface area contributed by atoms with Gasteiger partial charge in [-0.2, -0.15) is 5.10 Å². The van der Waals surface area contributed by atoms with E-state index in [1.807, 2.05) is 30.5 Å². The lowest BCUT2D eigenvalue weighted by Gasteiger charge is -2.27. The van der Waals surface area contributed by atoms with E-state index in [9.17, 15) is 4.79 Å². The van der Waals surface area contributed by atoms with Gasteiger partial charge in [0, 0.05) is 31.4 Å². The molecule has 1 saturated heterocycles. The largest absolute Gasteiger partial charge is 0.497 e. The zero-order valence-corrected chi connectivity index (χ0v) is 18.9. The van der Waals surface area contributed by atoms with Gasteiger partial charge in [-0.15, -0.1) is 0 Å². The third kappa shape index (κ3) is 5.11. The van der Waals surface area contributed by atoms with Crippen LogP contribution >= 0.6 is 0 Å². The van der Waals surface area contributed by atoms with Crippen molar-refractivity contribution in [2.45, 2.75) is 26.9 Å². The molecule has 0 atom stereocenters. The van der Waals surface area contributed by atoms with Gasteiger partial charge in [0.25, 0.3) is 0 Å². The average molecular weight is 435 g/mol. The Morgan fingerprint density at radius 3 is 2.53 bits per heavy atom. The van der Waals surface area contributed by atoms with Crippen LogP contribution in [0.5, 0.6) is 5.75 Å². The Balaban J connectivity index is 1.50. The van der Waals surface area contributed by atoms with E-state index in [0.717, 1.165) is 41.3 Å². The highest BCUT2D eigenvalue weighted by Gasteiger charge is 2.20. The number of methoxy groups -OCH3 is 1. The summed E-state index contributed by atoms with van der Waals surface area (Å²) in [4.78, 5) is 14.8. The summed E-state index contributed by atoms with van der Waals surface area (Å²) in [5.74, 6) is 1.61. The molecule has 2 heterocycles. The van der Waals surface area contributed by atoms with Crippen LogP contribution in [0.4, 0.5) is 5.82 Å². The number of amides is 1. The predicted octanol–water partition coefficient (Wildman–Crippen LogP) is 3.33. The third-order valence-electron chi connectivity index (χ3n) is 5.82. The molecule has 1 aliphatic rings. The SMILES string of the molecule is COc1ccc(-c2cn(CC(=O)NCc3ccc(C)c(C)c3)nc2N2CCOCC2)cc1. The van der Waals surface area contributed by atoms with Crippen molar-refractivity contribution in [3.63, 3.8) is 0 Å². The smallest absolute Gasteiger partial charge is 0.241 e. The number of morpholine rings is 1. The van der Waals surface area contributed by atoms with Crippen molar-refractivity contribution >= 4 is 11.7 Å². The lowest BCUT2D eigenvalue weighted by atomic mass is 10.1. The highest BCUT2D eigenvalue weighted by molar-refractivity contribution is 5.78. The molecule has 7 heteroatoms. The van der Waals surface area contributed by atoms with Crippen LogP contribution in [0.15, 0.2) is 48.7 Å². The van der Waals surface area contributed by atoms with Gasteiger partial charge in [0.2, 0.25) is 5.91 Å². The average Bonchev–Trinajstić information content (AvgIpc) is 3.24. The van der Waals surface area contributed by atoms with Crippen molar-refractivity contribution < 1.29 is 14.3 Å². The molecule has 32 heavy (non-hydrogen) atoms. The van der Waals surface area contributed by atoms with E-state index in [1.54, 1.807) is 11.8 Å². The van der Waals surface area contributed by atoms with Crippen LogP contribution in [0.2, 0.25) is 0 Å². The van der Waals surface area contributed by atoms with E-state index in [0.29, 0.717) is 19.8 Å². The molecule has 2 aromatic carbocycles. The molecule has 0 unspecified atom stereocenters. The number of hydrogen-bond donors (Lipinski definition) is 1. The lowest BCUT2D eigenvalue weighted by molar-refractivity contribution is -0.122. The van der Waals surface area contributed by atoms with Crippen molar-refractivity contribution in [1.29, 1.82) is 0 Å². The molecule has 0 saturated carbocycles. The van der Waals surface area contributed by atoms with Gasteiger partial charge in [-0.1, -0.05) is 30.3 Å². The van der Waals surface area contributed by atoms with Crippen molar-refractivity contribution in [3.05, 3.63) is 65.4 Å². The third-order valence-corrected chi connectivity index (χ3v) is 5.82. The van der Waals surface area contributed by atoms with Gasteiger partial charge in [0.05, 0.1) is 20.3 Å². The Labute approximate surface area is 188 Å². The van der Waals surface area contributed by atoms with Gasteiger partial charge in [-0.25, -0.2) is 0 Å². The van der Waals surface area contributed by atoms with Gasteiger partial charge < -0.3 is 19.7 Å². The summed E-state index contributed by atoms with van der Waals surface area (Å²) in [7, 11) is 1.66. The van der Waals surface area contributed by atoms with Gasteiger partial charge in [-0.05, 0) is 48.2 Å². The fraction of sp³-hybridized carbons (Fsp3) is 0.360. The van der Waals surface area contributed by atoms with Crippen LogP contribution in [-0.2, 0) is 22.6 Å². The number of rotatable bonds is 7. The van der Waals surface area contributed by atoms with Gasteiger partial charge in [-0.3, -0.25) is 9.48 Å². The van der Waals surface area contributed by atoms with Crippen LogP contribution in [0.3, 0.4) is 0 Å². The van der Waals surface area contributed by atoms with E-state index in [2.05, 4.69) is 42.3 Å². The number of carbonyl (C=O) groups excluding carboxylic acids is 1. The highest BCUT2D eigenvalue weighted by atomic mass is 16.5. The Bertz CT molecular complexity index is 1070. The van der Waals surface area contributed by atoms with E-state index in [4.69, 9.17) is 14.6 Å². The standard InChI is InChI=1S/C25H30N4O3/c1-18-4-5-20(14-19(18)2)15-26-24(30)17-29-16-23(21-6-8-22(31-3)9-7-21)25(27-29)28-10-12-32-13-11-28/h4-9,14,16H,10-13,15,17H2,1-3H3,(H,26,30). The van der Waals surface area contributed by atoms with E-state index in [1.165, 1.54) is 11.1 Å². The Hall–Kier alpha value is -3.32. The molecular formula is C25H30N4O3. The molecule has 1 aliphatic heterocycles. The van der Waals surface area contributed by atoms with E-state index >= 15 is 0 Å². The molecule has 4 rings (SSSR count). The van der Waals surface area contributed by atoms with Crippen LogP contribution < -0.4 is 15.0 Å². The van der Waals surface area contributed by atoms with Crippen LogP contribution in [0.1, 0.15) is 16.7 Å². The van der Waals surface area contributed by atoms with E-state index in [-0.39, 0.29) is 12.5 Å². The summed E-state index contributed by atoms with van der Waals surface area (Å²) in [6, 6.07) is 14.2. The van der Waals surface area contributed by atoms with Crippen molar-refractivity contribution in [2.24, 2.45) is 0 Å². The number of nitrogens with zero attached hydrogens (tertiary/aromatic N) is 3. The fourth-order valence-electron chi connectivity index (χ4n) is 3.79. The van der Waals surface area contributed by atoms with Crippen LogP contribution in [-0.4, -0.2) is 49.1 Å². The molecule has 0 bridgehead atoms. The Morgan fingerprint density at radius 2 is 1.84 bits per heavy atom. The van der Waals surface area contributed by atoms with Gasteiger partial charge in [0.1, 0.15) is 12.3 Å². The second-order valence-corrected chi connectivity index (χ2v) is 8.09. The van der Waals surface area contributed by atoms with E-state index < -0.39 is 0 Å². The molecule has 0 aliphatic carbocycles. The number of hydrogen-bond acceptors (Lipinski definition) is 5. The first-order chi connectivity index (χ1) is 15.5. The maximum atomic E-state index is 12.6. The molecule has 1 N–H and O–H groups in total. The first-order valence-corrected chi connectivity index (χ1v) is 10.9. The first-order valence-electron chi connectivity index (χ1n) is 10.9. The molecule has 3 aromatic rings. The second kappa shape index (κ2) is 9.87. The maximum absolute atomic E-state index is 12.6. The first kappa shape index (κ1) is 21.9. The predicted molar refractivity (Wildman–Crippen MR) is 125 cm³/mol. The summed E-state index contributed by atoms with van der Waals surface area (Å²) < 4.78 is 12.5. The van der Waals surface area contributed by atoms with Crippen molar-refractivity contribution in [3.8, 4) is 16.9 Å². The second-order valence-electron chi connectivity index (χ2n) is 8.09. The maximum Gasteiger partial charge on any atom is 0.241 e. The molecule has 1 fully saturated rings. The summed E-state index contributed by atoms with van der Waals surface area (Å²) >= 11 is 0. The number of aromatic nitrogens is 2. The molecule has 0 radical (unpaired) electrons. The van der Waals surface area contributed by atoms with Gasteiger partial charge >= 0.3 is 0 Å². The lowest BCUT2D eigenvalue weighted by Crippen LogP contribution is -2.37. The van der Waals surface area contributed by atoms with Crippen molar-refractivity contribution in [2.75, 3.05) is 38.3 Å². The molecule has 7 nitrogen and oxygen atoms in total. The number of benzene rings is 2. The zero-order valence-electron chi connectivity index (χ0n) is 18.9. The minimum Gasteiger partial charge on any atom is -0.497 e. The minimum atomic E-state index is -0.0689. The quantitative estimate of drug-likeness (QED) is 0.618. The molecule has 1 aromatic heterocycles. The monoisotopic (exact) mass is 434 g/mol. The number of ether oxygens (including phenoxy) is 2. The molecular weight excluding hydrogens is 404 g/mol. The number of aryl methyl sites for hydroxylation is 2. The van der Waals surface area contributed by atoms with Crippen LogP contribution in [0, 0.1) is 13.8 Å². The summed E-state index contributed by atoms with van der Waals surface area (Å²) in [6.07, 6.45) is 1.95. The number of anilines is 1. The number of carbonyl (C=O) groups is 1. The van der Waals surface area contributed by atoms with Crippen molar-refractivity contribution in [1.82, 2.24) is 15.1 Å². The molecule has 1 amide bonds. The highest BCUT2D eigenvalue weighted by Crippen LogP contribution is 2.31. The summed E-state index contributed by atoms with van der Waals surface area (Å²) in [6.45, 7) is 7.73. The Morgan fingerprint density at radius 1 is 1.09 bits per heavy atom. The zero-order chi connectivity index (χ0) is 22.5. The Kier molecular flexibility index (Phi) is 6.75. The topological polar surface area (TPSA) is 68.6 Å². The normalized spacial score (nSPS) is 13.8. The minimum absolute atomic E-state index is 0.0689. The van der Waals surface area contributed by atoms with Gasteiger partial charge in [0.15, 0.2) is 5.82 Å². The summed E-state index contributed by atoms with van der Waals surface area (Å²) in [5, 5.41) is 7.78. The summed E-state index contributed by atoms with van der Waals surface area (Å²) in [5.41, 5.74) is 5.60. The van der Waals surface area contributed by atoms with Crippen LogP contribution in [0.25, 0.3) is 11.1 Å². The molecule has 0 spiro atoms. The molecule has 168 valence electrons. The fourth-order valence-corrected chi connectivity index (χ4v) is 3.79.